The van der Waals surface area contributed by atoms with E-state index in [9.17, 15) is 9.18 Å². The number of carbonyl (C=O) groups excluding carboxylic acids is 1. The average molecular weight is 292 g/mol. The number of likely N-dealkylation sites (N-methyl/N-ethyl adjacent to an activating group) is 1. The summed E-state index contributed by atoms with van der Waals surface area (Å²) in [5.74, 6) is -0.529. The molecular formula is C15H21FN4O. The van der Waals surface area contributed by atoms with Gasteiger partial charge in [0.1, 0.15) is 5.82 Å². The van der Waals surface area contributed by atoms with Crippen molar-refractivity contribution in [3.05, 3.63) is 35.6 Å². The zero-order chi connectivity index (χ0) is 15.1. The molecule has 1 amide bonds. The van der Waals surface area contributed by atoms with Crippen molar-refractivity contribution in [1.29, 1.82) is 0 Å². The van der Waals surface area contributed by atoms with Gasteiger partial charge in [-0.05, 0) is 12.6 Å². The van der Waals surface area contributed by atoms with E-state index in [2.05, 4.69) is 27.3 Å². The number of hydrogen-bond acceptors (Lipinski definition) is 4. The average Bonchev–Trinajstić information content (AvgIpc) is 2.50. The smallest absolute Gasteiger partial charge is 0.254 e. The summed E-state index contributed by atoms with van der Waals surface area (Å²) in [6.07, 6.45) is 1.32. The molecule has 0 unspecified atom stereocenters. The topological polar surface area (TPSA) is 47.9 Å². The van der Waals surface area contributed by atoms with E-state index in [1.807, 2.05) is 0 Å². The largest absolute Gasteiger partial charge is 0.301 e. The zero-order valence-electron chi connectivity index (χ0n) is 12.3. The predicted molar refractivity (Wildman–Crippen MR) is 80.7 cm³/mol. The molecule has 1 aromatic rings. The summed E-state index contributed by atoms with van der Waals surface area (Å²) < 4.78 is 13.3. The van der Waals surface area contributed by atoms with Crippen molar-refractivity contribution in [2.75, 3.05) is 39.3 Å². The minimum absolute atomic E-state index is 0.174. The summed E-state index contributed by atoms with van der Waals surface area (Å²) in [6, 6.07) is 6.30. The number of nitrogens with one attached hydrogen (secondary N) is 1. The third kappa shape index (κ3) is 4.91. The molecule has 0 aliphatic carbocycles. The lowest BCUT2D eigenvalue weighted by atomic mass is 10.2. The third-order valence-corrected chi connectivity index (χ3v) is 3.58. The molecule has 0 saturated carbocycles. The van der Waals surface area contributed by atoms with Crippen molar-refractivity contribution < 1.29 is 9.18 Å². The number of hydrogen-bond donors (Lipinski definition) is 1. The summed E-state index contributed by atoms with van der Waals surface area (Å²) in [6.45, 7) is 7.26. The number of piperazine rings is 1. The van der Waals surface area contributed by atoms with Gasteiger partial charge in [0.25, 0.3) is 5.91 Å². The molecule has 1 heterocycles. The summed E-state index contributed by atoms with van der Waals surface area (Å²) in [5, 5.41) is 3.80. The molecule has 114 valence electrons. The highest BCUT2D eigenvalue weighted by atomic mass is 19.1. The maximum absolute atomic E-state index is 13.3. The summed E-state index contributed by atoms with van der Waals surface area (Å²) >= 11 is 0. The quantitative estimate of drug-likeness (QED) is 0.648. The van der Waals surface area contributed by atoms with E-state index in [0.29, 0.717) is 12.1 Å². The van der Waals surface area contributed by atoms with Crippen LogP contribution in [0, 0.1) is 5.82 Å². The third-order valence-electron chi connectivity index (χ3n) is 3.58. The molecule has 1 fully saturated rings. The van der Waals surface area contributed by atoms with E-state index in [1.54, 1.807) is 18.2 Å². The van der Waals surface area contributed by atoms with Gasteiger partial charge in [-0.15, -0.1) is 0 Å². The molecule has 0 radical (unpaired) electrons. The van der Waals surface area contributed by atoms with Crippen LogP contribution in [0.15, 0.2) is 29.4 Å². The summed E-state index contributed by atoms with van der Waals surface area (Å²) in [7, 11) is 0. The van der Waals surface area contributed by atoms with Crippen LogP contribution in [0.4, 0.5) is 4.39 Å². The van der Waals surface area contributed by atoms with Crippen LogP contribution in [-0.4, -0.2) is 61.2 Å². The number of halogens is 1. The second-order valence-corrected chi connectivity index (χ2v) is 5.03. The fraction of sp³-hybridized carbons (Fsp3) is 0.467. The minimum atomic E-state index is -0.355. The second-order valence-electron chi connectivity index (χ2n) is 5.03. The lowest BCUT2D eigenvalue weighted by molar-refractivity contribution is -0.122. The molecule has 1 aliphatic rings. The Morgan fingerprint density at radius 2 is 1.95 bits per heavy atom. The van der Waals surface area contributed by atoms with Gasteiger partial charge in [-0.25, -0.2) is 9.82 Å². The molecule has 1 saturated heterocycles. The van der Waals surface area contributed by atoms with Crippen LogP contribution in [0.25, 0.3) is 0 Å². The van der Waals surface area contributed by atoms with Crippen LogP contribution >= 0.6 is 0 Å². The standard InChI is InChI=1S/C15H21FN4O/c1-2-19-7-9-20(10-8-19)12-15(21)18-17-11-13-5-3-4-6-14(13)16/h3-6,11H,2,7-10,12H2,1H3,(H,18,21)/b17-11-. The van der Waals surface area contributed by atoms with Crippen LogP contribution in [0.2, 0.25) is 0 Å². The molecule has 0 bridgehead atoms. The molecule has 0 aromatic heterocycles. The Labute approximate surface area is 124 Å². The first-order valence-electron chi connectivity index (χ1n) is 7.20. The Morgan fingerprint density at radius 3 is 2.62 bits per heavy atom. The first-order chi connectivity index (χ1) is 10.2. The Morgan fingerprint density at radius 1 is 1.29 bits per heavy atom. The molecule has 1 N–H and O–H groups in total. The molecule has 21 heavy (non-hydrogen) atoms. The van der Waals surface area contributed by atoms with Crippen molar-refractivity contribution in [1.82, 2.24) is 15.2 Å². The highest BCUT2D eigenvalue weighted by molar-refractivity contribution is 5.83. The van der Waals surface area contributed by atoms with E-state index in [4.69, 9.17) is 0 Å². The van der Waals surface area contributed by atoms with Gasteiger partial charge in [0.15, 0.2) is 0 Å². The van der Waals surface area contributed by atoms with Gasteiger partial charge >= 0.3 is 0 Å². The molecule has 5 nitrogen and oxygen atoms in total. The maximum Gasteiger partial charge on any atom is 0.254 e. The fourth-order valence-electron chi connectivity index (χ4n) is 2.26. The lowest BCUT2D eigenvalue weighted by Crippen LogP contribution is -2.48. The molecule has 1 aliphatic heterocycles. The van der Waals surface area contributed by atoms with Crippen LogP contribution in [0.5, 0.6) is 0 Å². The molecule has 6 heteroatoms. The van der Waals surface area contributed by atoms with Gasteiger partial charge in [0.2, 0.25) is 0 Å². The minimum Gasteiger partial charge on any atom is -0.301 e. The number of carbonyl (C=O) groups is 1. The number of hydrazone groups is 1. The SMILES string of the molecule is CCN1CCN(CC(=O)N/N=C\c2ccccc2F)CC1. The Kier molecular flexibility index (Phi) is 5.83. The van der Waals surface area contributed by atoms with E-state index in [0.717, 1.165) is 32.7 Å². The molecule has 0 spiro atoms. The lowest BCUT2D eigenvalue weighted by Gasteiger charge is -2.33. The van der Waals surface area contributed by atoms with E-state index >= 15 is 0 Å². The zero-order valence-corrected chi connectivity index (χ0v) is 12.3. The molecular weight excluding hydrogens is 271 g/mol. The first-order valence-corrected chi connectivity index (χ1v) is 7.20. The van der Waals surface area contributed by atoms with E-state index in [1.165, 1.54) is 12.3 Å². The van der Waals surface area contributed by atoms with Crippen molar-refractivity contribution >= 4 is 12.1 Å². The number of benzene rings is 1. The number of rotatable bonds is 5. The van der Waals surface area contributed by atoms with Crippen LogP contribution in [0.3, 0.4) is 0 Å². The molecule has 0 atom stereocenters. The first kappa shape index (κ1) is 15.6. The normalized spacial score (nSPS) is 17.2. The van der Waals surface area contributed by atoms with Crippen molar-refractivity contribution in [2.45, 2.75) is 6.92 Å². The summed E-state index contributed by atoms with van der Waals surface area (Å²) in [4.78, 5) is 16.2. The van der Waals surface area contributed by atoms with E-state index in [-0.39, 0.29) is 11.7 Å². The van der Waals surface area contributed by atoms with Crippen molar-refractivity contribution in [3.63, 3.8) is 0 Å². The van der Waals surface area contributed by atoms with Gasteiger partial charge in [-0.3, -0.25) is 9.69 Å². The van der Waals surface area contributed by atoms with Crippen LogP contribution < -0.4 is 5.43 Å². The van der Waals surface area contributed by atoms with Gasteiger partial charge in [-0.2, -0.15) is 5.10 Å². The van der Waals surface area contributed by atoms with Crippen molar-refractivity contribution in [3.8, 4) is 0 Å². The Hall–Kier alpha value is -1.79. The fourth-order valence-corrected chi connectivity index (χ4v) is 2.26. The van der Waals surface area contributed by atoms with Gasteiger partial charge < -0.3 is 4.90 Å². The number of amides is 1. The highest BCUT2D eigenvalue weighted by Gasteiger charge is 2.17. The predicted octanol–water partition coefficient (Wildman–Crippen LogP) is 0.913. The molecule has 1 aromatic carbocycles. The monoisotopic (exact) mass is 292 g/mol. The highest BCUT2D eigenvalue weighted by Crippen LogP contribution is 2.03. The number of nitrogens with zero attached hydrogens (tertiary/aromatic N) is 3. The van der Waals surface area contributed by atoms with Gasteiger partial charge in [0, 0.05) is 31.7 Å². The van der Waals surface area contributed by atoms with Crippen molar-refractivity contribution in [2.24, 2.45) is 5.10 Å². The summed E-state index contributed by atoms with van der Waals surface area (Å²) in [5.41, 5.74) is 2.80. The van der Waals surface area contributed by atoms with E-state index < -0.39 is 0 Å². The second kappa shape index (κ2) is 7.85. The molecule has 2 rings (SSSR count). The van der Waals surface area contributed by atoms with Crippen LogP contribution in [-0.2, 0) is 4.79 Å². The Balaban J connectivity index is 1.74. The maximum atomic E-state index is 13.3. The Bertz CT molecular complexity index is 498. The van der Waals surface area contributed by atoms with Gasteiger partial charge in [0.05, 0.1) is 12.8 Å². The van der Waals surface area contributed by atoms with Crippen LogP contribution in [0.1, 0.15) is 12.5 Å². The van der Waals surface area contributed by atoms with Gasteiger partial charge in [-0.1, -0.05) is 25.1 Å².